The van der Waals surface area contributed by atoms with Gasteiger partial charge in [-0.25, -0.2) is 40.9 Å². The first-order valence-electron chi connectivity index (χ1n) is 12.2. The average molecular weight is 583 g/mol. The number of rotatable bonds is 8. The summed E-state index contributed by atoms with van der Waals surface area (Å²) in [6.07, 6.45) is 7.99. The van der Waals surface area contributed by atoms with Crippen molar-refractivity contribution < 1.29 is 30.8 Å². The van der Waals surface area contributed by atoms with Gasteiger partial charge in [-0.1, -0.05) is 0 Å². The van der Waals surface area contributed by atoms with Crippen LogP contribution in [0.3, 0.4) is 0 Å². The molecule has 0 atom stereocenters. The molecule has 3 heterocycles. The minimum absolute atomic E-state index is 0.142. The van der Waals surface area contributed by atoms with Gasteiger partial charge in [0.1, 0.15) is 28.0 Å². The monoisotopic (exact) mass is 582 g/mol. The van der Waals surface area contributed by atoms with E-state index in [9.17, 15) is 26.4 Å². The predicted molar refractivity (Wildman–Crippen MR) is 141 cm³/mol. The number of H-pyrrole nitrogens is 1. The summed E-state index contributed by atoms with van der Waals surface area (Å²) >= 11 is 0. The second-order valence-electron chi connectivity index (χ2n) is 9.33. The van der Waals surface area contributed by atoms with E-state index in [0.29, 0.717) is 47.4 Å². The third-order valence-electron chi connectivity index (χ3n) is 6.42. The summed E-state index contributed by atoms with van der Waals surface area (Å²) in [5.41, 5.74) is -0.674. The zero-order chi connectivity index (χ0) is 28.9. The number of aromatic amines is 1. The fraction of sp³-hybridized carbons (Fsp3) is 0.111. The highest BCUT2D eigenvalue weighted by molar-refractivity contribution is 7.92. The molecular formula is C27H18F4N6O3S. The number of ketones is 1. The van der Waals surface area contributed by atoms with Gasteiger partial charge >= 0.3 is 0 Å². The molecule has 0 bridgehead atoms. The van der Waals surface area contributed by atoms with Crippen LogP contribution in [-0.2, 0) is 10.0 Å². The summed E-state index contributed by atoms with van der Waals surface area (Å²) in [4.78, 5) is 27.9. The third kappa shape index (κ3) is 5.09. The molecule has 41 heavy (non-hydrogen) atoms. The van der Waals surface area contributed by atoms with Crippen LogP contribution in [0.1, 0.15) is 28.8 Å². The van der Waals surface area contributed by atoms with Gasteiger partial charge in [-0.15, -0.1) is 0 Å². The van der Waals surface area contributed by atoms with Gasteiger partial charge in [0, 0.05) is 52.9 Å². The maximum Gasteiger partial charge on any atom is 0.265 e. The van der Waals surface area contributed by atoms with E-state index in [2.05, 4.69) is 25.3 Å². The maximum atomic E-state index is 15.5. The average Bonchev–Trinajstić information content (AvgIpc) is 3.66. The Balaban J connectivity index is 1.34. The maximum absolute atomic E-state index is 15.5. The number of carbonyl (C=O) groups is 1. The summed E-state index contributed by atoms with van der Waals surface area (Å²) in [6.45, 7) is 0. The second-order valence-corrected chi connectivity index (χ2v) is 11.0. The van der Waals surface area contributed by atoms with Crippen molar-refractivity contribution in [2.24, 2.45) is 0 Å². The van der Waals surface area contributed by atoms with Crippen LogP contribution in [0.4, 0.5) is 29.2 Å². The highest BCUT2D eigenvalue weighted by atomic mass is 32.2. The molecule has 14 heteroatoms. The van der Waals surface area contributed by atoms with Gasteiger partial charge in [-0.2, -0.15) is 0 Å². The zero-order valence-electron chi connectivity index (χ0n) is 20.8. The first-order valence-corrected chi connectivity index (χ1v) is 13.7. The predicted octanol–water partition coefficient (Wildman–Crippen LogP) is 5.18. The zero-order valence-corrected chi connectivity index (χ0v) is 21.6. The molecule has 3 aromatic heterocycles. The number of sulfonamides is 1. The Kier molecular flexibility index (Phi) is 6.41. The number of carbonyl (C=O) groups excluding carboxylic acids is 1. The Bertz CT molecular complexity index is 1940. The van der Waals surface area contributed by atoms with Crippen LogP contribution >= 0.6 is 0 Å². The Morgan fingerprint density at radius 1 is 0.902 bits per heavy atom. The lowest BCUT2D eigenvalue weighted by atomic mass is 10.0. The summed E-state index contributed by atoms with van der Waals surface area (Å²) in [7, 11) is -4.85. The summed E-state index contributed by atoms with van der Waals surface area (Å²) in [6, 6.07) is 5.06. The molecule has 6 rings (SSSR count). The molecule has 0 saturated heterocycles. The molecule has 208 valence electrons. The van der Waals surface area contributed by atoms with E-state index in [1.807, 2.05) is 0 Å². The fourth-order valence-corrected chi connectivity index (χ4v) is 5.32. The van der Waals surface area contributed by atoms with Gasteiger partial charge < -0.3 is 10.3 Å². The first-order chi connectivity index (χ1) is 19.6. The van der Waals surface area contributed by atoms with Crippen molar-refractivity contribution in [2.45, 2.75) is 23.8 Å². The van der Waals surface area contributed by atoms with E-state index < -0.39 is 55.2 Å². The summed E-state index contributed by atoms with van der Waals surface area (Å²) in [5.74, 6) is -5.78. The number of hydrogen-bond acceptors (Lipinski definition) is 7. The van der Waals surface area contributed by atoms with Gasteiger partial charge in [0.25, 0.3) is 10.0 Å². The molecule has 1 fully saturated rings. The van der Waals surface area contributed by atoms with E-state index >= 15 is 4.39 Å². The largest absolute Gasteiger partial charge is 0.351 e. The number of benzene rings is 2. The smallest absolute Gasteiger partial charge is 0.265 e. The fourth-order valence-electron chi connectivity index (χ4n) is 4.17. The van der Waals surface area contributed by atoms with Gasteiger partial charge in [0.05, 0.1) is 11.3 Å². The van der Waals surface area contributed by atoms with Gasteiger partial charge in [-0.05, 0) is 49.2 Å². The van der Waals surface area contributed by atoms with Crippen LogP contribution in [0.5, 0.6) is 0 Å². The topological polar surface area (TPSA) is 130 Å². The number of aromatic nitrogens is 4. The highest BCUT2D eigenvalue weighted by Gasteiger charge is 2.28. The van der Waals surface area contributed by atoms with Crippen molar-refractivity contribution in [2.75, 3.05) is 10.0 Å². The molecule has 1 aliphatic rings. The number of hydrogen-bond donors (Lipinski definition) is 3. The quantitative estimate of drug-likeness (QED) is 0.170. The minimum atomic E-state index is -4.85. The van der Waals surface area contributed by atoms with Crippen LogP contribution in [0, 0.1) is 23.3 Å². The lowest BCUT2D eigenvalue weighted by Crippen LogP contribution is -2.17. The van der Waals surface area contributed by atoms with E-state index in [4.69, 9.17) is 0 Å². The van der Waals surface area contributed by atoms with Crippen molar-refractivity contribution in [3.8, 4) is 11.1 Å². The molecule has 0 radical (unpaired) electrons. The normalized spacial score (nSPS) is 13.4. The van der Waals surface area contributed by atoms with E-state index in [-0.39, 0.29) is 16.6 Å². The molecule has 3 N–H and O–H groups in total. The Morgan fingerprint density at radius 3 is 2.34 bits per heavy atom. The Labute approximate surface area is 229 Å². The number of pyridine rings is 1. The van der Waals surface area contributed by atoms with Crippen LogP contribution in [0.2, 0.25) is 0 Å². The number of nitrogens with zero attached hydrogens (tertiary/aromatic N) is 3. The molecular weight excluding hydrogens is 564 g/mol. The first kappa shape index (κ1) is 26.4. The molecule has 0 spiro atoms. The summed E-state index contributed by atoms with van der Waals surface area (Å²) in [5, 5.41) is 3.40. The molecule has 2 aromatic carbocycles. The van der Waals surface area contributed by atoms with E-state index in [1.165, 1.54) is 12.4 Å². The molecule has 0 amide bonds. The van der Waals surface area contributed by atoms with E-state index in [1.54, 1.807) is 23.2 Å². The van der Waals surface area contributed by atoms with Gasteiger partial charge in [0.15, 0.2) is 5.82 Å². The van der Waals surface area contributed by atoms with Crippen molar-refractivity contribution in [1.29, 1.82) is 0 Å². The minimum Gasteiger partial charge on any atom is -0.351 e. The van der Waals surface area contributed by atoms with Crippen molar-refractivity contribution in [1.82, 2.24) is 19.9 Å². The van der Waals surface area contributed by atoms with E-state index in [0.717, 1.165) is 18.9 Å². The molecule has 0 unspecified atom stereocenters. The number of anilines is 2. The standard InChI is InChI=1S/C27H18F4N6O3S/c28-15-1-4-19(29)22(8-15)41(39,40)37-21-6-5-20(30)23(24(21)31)25(38)18-12-33-26-17(18)7-13(9-32-26)14-10-34-27(35-11-14)36-16-2-3-16/h1,4-12,16,37H,2-3H2,(H,32,33)(H,34,35,36). The number of fused-ring (bicyclic) bond motifs is 1. The molecule has 1 saturated carbocycles. The third-order valence-corrected chi connectivity index (χ3v) is 7.80. The molecule has 1 aliphatic carbocycles. The molecule has 5 aromatic rings. The van der Waals surface area contributed by atoms with Crippen LogP contribution in [0.15, 0.2) is 66.1 Å². The Morgan fingerprint density at radius 2 is 1.61 bits per heavy atom. The highest BCUT2D eigenvalue weighted by Crippen LogP contribution is 2.31. The van der Waals surface area contributed by atoms with Crippen LogP contribution in [0.25, 0.3) is 22.2 Å². The second kappa shape index (κ2) is 9.96. The van der Waals surface area contributed by atoms with Crippen molar-refractivity contribution in [3.63, 3.8) is 0 Å². The van der Waals surface area contributed by atoms with Gasteiger partial charge in [0.2, 0.25) is 11.7 Å². The Hall–Kier alpha value is -4.85. The SMILES string of the molecule is O=C(c1c(F)ccc(NS(=O)(=O)c2cc(F)ccc2F)c1F)c1c[nH]c2ncc(-c3cnc(NC4CC4)nc3)cc12. The number of nitrogens with one attached hydrogen (secondary N) is 3. The van der Waals surface area contributed by atoms with Crippen LogP contribution in [-0.4, -0.2) is 40.2 Å². The lowest BCUT2D eigenvalue weighted by molar-refractivity contribution is 0.103. The van der Waals surface area contributed by atoms with Gasteiger partial charge in [-0.3, -0.25) is 9.52 Å². The molecule has 9 nitrogen and oxygen atoms in total. The van der Waals surface area contributed by atoms with Crippen molar-refractivity contribution >= 4 is 38.5 Å². The van der Waals surface area contributed by atoms with Crippen molar-refractivity contribution in [3.05, 3.63) is 95.6 Å². The lowest BCUT2D eigenvalue weighted by Gasteiger charge is -2.12. The summed E-state index contributed by atoms with van der Waals surface area (Å²) < 4.78 is 85.0. The van der Waals surface area contributed by atoms with Crippen LogP contribution < -0.4 is 10.0 Å². The molecule has 0 aliphatic heterocycles. The number of halogens is 4.